The van der Waals surface area contributed by atoms with E-state index in [0.717, 1.165) is 17.4 Å². The van der Waals surface area contributed by atoms with Crippen molar-refractivity contribution in [2.45, 2.75) is 0 Å². The van der Waals surface area contributed by atoms with Crippen molar-refractivity contribution < 1.29 is 24.1 Å². The molecule has 0 atom stereocenters. The smallest absolute Gasteiger partial charge is 0.312 e. The Morgan fingerprint density at radius 1 is 0.871 bits per heavy atom. The Labute approximate surface area is 185 Å². The highest BCUT2D eigenvalue weighted by molar-refractivity contribution is 9.10. The molecule has 3 aromatic carbocycles. The summed E-state index contributed by atoms with van der Waals surface area (Å²) in [6.07, 6.45) is 0.721. The van der Waals surface area contributed by atoms with E-state index >= 15 is 0 Å². The van der Waals surface area contributed by atoms with Crippen molar-refractivity contribution in [1.82, 2.24) is 0 Å². The van der Waals surface area contributed by atoms with Crippen LogP contribution in [0, 0.1) is 20.2 Å². The number of non-ortho nitro benzene ring substituents is 1. The first-order valence-corrected chi connectivity index (χ1v) is 9.46. The van der Waals surface area contributed by atoms with Gasteiger partial charge in [-0.2, -0.15) is 0 Å². The van der Waals surface area contributed by atoms with Gasteiger partial charge in [-0.25, -0.2) is 0 Å². The molecule has 0 unspecified atom stereocenters. The van der Waals surface area contributed by atoms with Gasteiger partial charge >= 0.3 is 5.69 Å². The summed E-state index contributed by atoms with van der Waals surface area (Å²) in [6, 6.07) is 16.0. The Kier molecular flexibility index (Phi) is 8.21. The monoisotopic (exact) mass is 488 g/mol. The van der Waals surface area contributed by atoms with Gasteiger partial charge in [-0.3, -0.25) is 25.0 Å². The Balaban J connectivity index is 0.000000245. The van der Waals surface area contributed by atoms with Crippen LogP contribution < -0.4 is 9.47 Å². The number of nitrogens with zero attached hydrogens (tertiary/aromatic N) is 2. The molecule has 0 aliphatic heterocycles. The molecule has 0 aliphatic rings. The van der Waals surface area contributed by atoms with Crippen LogP contribution in [0.2, 0.25) is 0 Å². The average Bonchev–Trinajstić information content (AvgIpc) is 2.78. The number of carbonyl (C=O) groups is 1. The number of para-hydroxylation sites is 1. The standard InChI is InChI=1S/C14H11NO4.C7H6BrNO3/c1-19-14-8-11(2-3-12(14)9-16)10-4-6-13(7-5-10)15(17)18;1-12-7-5(8)3-2-4-6(7)9(10)11/h2-9H,1H3;2-4H,1H3. The zero-order valence-corrected chi connectivity index (χ0v) is 18.1. The number of benzene rings is 3. The van der Waals surface area contributed by atoms with Gasteiger partial charge in [0.05, 0.1) is 34.1 Å². The van der Waals surface area contributed by atoms with Crippen molar-refractivity contribution in [2.75, 3.05) is 14.2 Å². The summed E-state index contributed by atoms with van der Waals surface area (Å²) in [5.41, 5.74) is 2.12. The lowest BCUT2D eigenvalue weighted by atomic mass is 10.0. The Morgan fingerprint density at radius 2 is 1.52 bits per heavy atom. The highest BCUT2D eigenvalue weighted by Crippen LogP contribution is 2.34. The van der Waals surface area contributed by atoms with Gasteiger partial charge in [0.1, 0.15) is 5.75 Å². The van der Waals surface area contributed by atoms with Gasteiger partial charge in [-0.05, 0) is 57.4 Å². The molecule has 160 valence electrons. The highest BCUT2D eigenvalue weighted by Gasteiger charge is 2.16. The van der Waals surface area contributed by atoms with Crippen LogP contribution in [0.3, 0.4) is 0 Å². The minimum absolute atomic E-state index is 0.0353. The Hall–Kier alpha value is -3.79. The highest BCUT2D eigenvalue weighted by atomic mass is 79.9. The lowest BCUT2D eigenvalue weighted by Gasteiger charge is -2.07. The van der Waals surface area contributed by atoms with Crippen molar-refractivity contribution in [3.8, 4) is 22.6 Å². The van der Waals surface area contributed by atoms with Gasteiger partial charge in [0, 0.05) is 18.2 Å². The van der Waals surface area contributed by atoms with E-state index in [1.54, 1.807) is 42.5 Å². The molecule has 0 radical (unpaired) electrons. The predicted molar refractivity (Wildman–Crippen MR) is 118 cm³/mol. The van der Waals surface area contributed by atoms with E-state index in [2.05, 4.69) is 15.9 Å². The van der Waals surface area contributed by atoms with Gasteiger partial charge < -0.3 is 9.47 Å². The molecular formula is C21H17BrN2O7. The number of carbonyl (C=O) groups excluding carboxylic acids is 1. The molecule has 0 N–H and O–H groups in total. The fourth-order valence-electron chi connectivity index (χ4n) is 2.61. The normalized spacial score (nSPS) is 9.77. The zero-order valence-electron chi connectivity index (χ0n) is 16.5. The number of rotatable bonds is 6. The van der Waals surface area contributed by atoms with Crippen molar-refractivity contribution >= 4 is 33.6 Å². The number of methoxy groups -OCH3 is 2. The number of ether oxygens (including phenoxy) is 2. The van der Waals surface area contributed by atoms with Crippen LogP contribution in [0.5, 0.6) is 11.5 Å². The second-order valence-electron chi connectivity index (χ2n) is 5.93. The van der Waals surface area contributed by atoms with Gasteiger partial charge in [-0.15, -0.1) is 0 Å². The summed E-state index contributed by atoms with van der Waals surface area (Å²) < 4.78 is 10.6. The van der Waals surface area contributed by atoms with E-state index < -0.39 is 9.85 Å². The topological polar surface area (TPSA) is 122 Å². The molecule has 0 amide bonds. The molecule has 0 fully saturated rings. The van der Waals surface area contributed by atoms with Crippen LogP contribution in [0.15, 0.2) is 65.1 Å². The van der Waals surface area contributed by atoms with Crippen molar-refractivity contribution in [1.29, 1.82) is 0 Å². The maximum atomic E-state index is 10.8. The molecule has 0 saturated heterocycles. The third kappa shape index (κ3) is 5.86. The van der Waals surface area contributed by atoms with Gasteiger partial charge in [0.15, 0.2) is 6.29 Å². The van der Waals surface area contributed by atoms with Crippen molar-refractivity contribution in [2.24, 2.45) is 0 Å². The maximum Gasteiger partial charge on any atom is 0.312 e. The predicted octanol–water partition coefficient (Wildman–Crippen LogP) is 5.45. The lowest BCUT2D eigenvalue weighted by molar-refractivity contribution is -0.385. The number of hydrogen-bond acceptors (Lipinski definition) is 7. The van der Waals surface area contributed by atoms with Crippen LogP contribution in [-0.2, 0) is 0 Å². The van der Waals surface area contributed by atoms with Crippen LogP contribution >= 0.6 is 15.9 Å². The number of aldehydes is 1. The van der Waals surface area contributed by atoms with Gasteiger partial charge in [-0.1, -0.05) is 12.1 Å². The Morgan fingerprint density at radius 3 is 2.00 bits per heavy atom. The molecule has 31 heavy (non-hydrogen) atoms. The summed E-state index contributed by atoms with van der Waals surface area (Å²) in [6.45, 7) is 0. The van der Waals surface area contributed by atoms with E-state index in [4.69, 9.17) is 9.47 Å². The van der Waals surface area contributed by atoms with E-state index in [1.165, 1.54) is 32.4 Å². The Bertz CT molecular complexity index is 1100. The molecule has 10 heteroatoms. The fourth-order valence-corrected chi connectivity index (χ4v) is 3.12. The van der Waals surface area contributed by atoms with E-state index in [-0.39, 0.29) is 17.1 Å². The maximum absolute atomic E-state index is 10.8. The molecule has 3 rings (SSSR count). The first-order valence-electron chi connectivity index (χ1n) is 8.67. The molecule has 0 aromatic heterocycles. The van der Waals surface area contributed by atoms with E-state index in [1.807, 2.05) is 0 Å². The SMILES string of the molecule is COc1c(Br)cccc1[N+](=O)[O-].COc1cc(-c2ccc([N+](=O)[O-])cc2)ccc1C=O. The molecule has 0 spiro atoms. The van der Waals surface area contributed by atoms with E-state index in [0.29, 0.717) is 15.8 Å². The number of nitro benzene ring substituents is 2. The molecule has 3 aromatic rings. The van der Waals surface area contributed by atoms with Crippen LogP contribution in [-0.4, -0.2) is 30.4 Å². The van der Waals surface area contributed by atoms with Crippen molar-refractivity contribution in [3.05, 3.63) is 90.9 Å². The summed E-state index contributed by atoms with van der Waals surface area (Å²) in [5, 5.41) is 21.0. The molecular weight excluding hydrogens is 472 g/mol. The van der Waals surface area contributed by atoms with Gasteiger partial charge in [0.25, 0.3) is 5.69 Å². The minimum Gasteiger partial charge on any atom is -0.496 e. The summed E-state index contributed by atoms with van der Waals surface area (Å²) in [5.74, 6) is 0.730. The lowest BCUT2D eigenvalue weighted by Crippen LogP contribution is -1.93. The van der Waals surface area contributed by atoms with Gasteiger partial charge in [0.2, 0.25) is 5.75 Å². The summed E-state index contributed by atoms with van der Waals surface area (Å²) >= 11 is 3.15. The van der Waals surface area contributed by atoms with E-state index in [9.17, 15) is 25.0 Å². The third-order valence-corrected chi connectivity index (χ3v) is 4.74. The average molecular weight is 489 g/mol. The molecule has 0 bridgehead atoms. The summed E-state index contributed by atoms with van der Waals surface area (Å²) in [4.78, 5) is 30.9. The van der Waals surface area contributed by atoms with Crippen LogP contribution in [0.4, 0.5) is 11.4 Å². The molecule has 9 nitrogen and oxygen atoms in total. The minimum atomic E-state index is -0.483. The van der Waals surface area contributed by atoms with Crippen molar-refractivity contribution in [3.63, 3.8) is 0 Å². The fraction of sp³-hybridized carbons (Fsp3) is 0.0952. The third-order valence-electron chi connectivity index (χ3n) is 4.12. The number of hydrogen-bond donors (Lipinski definition) is 0. The van der Waals surface area contributed by atoms with Crippen LogP contribution in [0.1, 0.15) is 10.4 Å². The zero-order chi connectivity index (χ0) is 23.0. The first kappa shape index (κ1) is 23.5. The molecule has 0 heterocycles. The number of nitro groups is 2. The molecule has 0 aliphatic carbocycles. The largest absolute Gasteiger partial charge is 0.496 e. The quantitative estimate of drug-likeness (QED) is 0.256. The summed E-state index contributed by atoms with van der Waals surface area (Å²) in [7, 11) is 2.88. The number of halogens is 1. The molecule has 0 saturated carbocycles. The first-order chi connectivity index (χ1) is 14.8. The van der Waals surface area contributed by atoms with Crippen LogP contribution in [0.25, 0.3) is 11.1 Å². The second-order valence-corrected chi connectivity index (χ2v) is 6.78. The second kappa shape index (κ2) is 10.8.